The molecule has 0 amide bonds. The summed E-state index contributed by atoms with van der Waals surface area (Å²) in [5, 5.41) is 21.2. The zero-order chi connectivity index (χ0) is 22.3. The van der Waals surface area contributed by atoms with Gasteiger partial charge in [-0.2, -0.15) is 0 Å². The predicted octanol–water partition coefficient (Wildman–Crippen LogP) is 4.41. The number of allylic oxidation sites excluding steroid dienone is 1. The Morgan fingerprint density at radius 1 is 1.30 bits per heavy atom. The van der Waals surface area contributed by atoms with E-state index in [1.165, 1.54) is 25.9 Å². The molecule has 6 nitrogen and oxygen atoms in total. The van der Waals surface area contributed by atoms with E-state index in [1.807, 2.05) is 0 Å². The van der Waals surface area contributed by atoms with Crippen LogP contribution < -0.4 is 4.74 Å². The van der Waals surface area contributed by atoms with Gasteiger partial charge in [0.2, 0.25) is 5.75 Å². The van der Waals surface area contributed by atoms with Crippen LogP contribution in [0.5, 0.6) is 17.2 Å². The Balaban J connectivity index is 2.15. The third-order valence-electron chi connectivity index (χ3n) is 7.84. The van der Waals surface area contributed by atoms with E-state index >= 15 is 0 Å². The second-order valence-corrected chi connectivity index (χ2v) is 9.12. The van der Waals surface area contributed by atoms with Crippen LogP contribution in [-0.2, 0) is 16.0 Å². The summed E-state index contributed by atoms with van der Waals surface area (Å²) >= 11 is 0. The highest BCUT2D eigenvalue weighted by molar-refractivity contribution is 5.94. The maximum absolute atomic E-state index is 12.7. The molecule has 2 saturated carbocycles. The Morgan fingerprint density at radius 3 is 2.60 bits per heavy atom. The molecule has 2 fully saturated rings. The lowest BCUT2D eigenvalue weighted by Crippen LogP contribution is -2.53. The third kappa shape index (κ3) is 3.17. The Bertz CT molecular complexity index is 875. The largest absolute Gasteiger partial charge is 0.504 e. The van der Waals surface area contributed by atoms with Crippen LogP contribution in [0.2, 0.25) is 0 Å². The third-order valence-corrected chi connectivity index (χ3v) is 7.84. The number of esters is 1. The molecule has 0 bridgehead atoms. The van der Waals surface area contributed by atoms with Crippen LogP contribution in [0.3, 0.4) is 0 Å². The van der Waals surface area contributed by atoms with Crippen LogP contribution in [-0.4, -0.2) is 36.7 Å². The topological polar surface area (TPSA) is 93.1 Å². The molecule has 164 valence electrons. The van der Waals surface area contributed by atoms with Gasteiger partial charge in [-0.25, -0.2) is 4.79 Å². The molecule has 0 heterocycles. The first kappa shape index (κ1) is 22.2. The predicted molar refractivity (Wildman–Crippen MR) is 113 cm³/mol. The fraction of sp³-hybridized carbons (Fsp3) is 0.583. The number of carbonyl (C=O) groups is 2. The normalized spacial score (nSPS) is 31.0. The molecule has 0 spiro atoms. The number of methoxy groups -OCH3 is 2. The van der Waals surface area contributed by atoms with Gasteiger partial charge in [0.05, 0.1) is 14.2 Å². The van der Waals surface area contributed by atoms with E-state index < -0.39 is 17.1 Å². The molecule has 0 aromatic heterocycles. The van der Waals surface area contributed by atoms with Crippen molar-refractivity contribution in [1.29, 1.82) is 0 Å². The maximum Gasteiger partial charge on any atom is 0.341 e. The van der Waals surface area contributed by atoms with E-state index in [1.54, 1.807) is 0 Å². The summed E-state index contributed by atoms with van der Waals surface area (Å²) in [4.78, 5) is 24.9. The molecular weight excluding hydrogens is 384 g/mol. The first-order chi connectivity index (χ1) is 14.2. The van der Waals surface area contributed by atoms with Gasteiger partial charge in [0.1, 0.15) is 11.8 Å². The van der Waals surface area contributed by atoms with Crippen molar-refractivity contribution in [3.63, 3.8) is 0 Å². The van der Waals surface area contributed by atoms with Crippen molar-refractivity contribution in [2.75, 3.05) is 14.2 Å². The minimum atomic E-state index is -0.736. The Hall–Kier alpha value is -2.50. The van der Waals surface area contributed by atoms with Gasteiger partial charge in [-0.1, -0.05) is 26.0 Å². The van der Waals surface area contributed by atoms with Crippen molar-refractivity contribution in [2.24, 2.45) is 22.7 Å². The number of carbonyl (C=O) groups excluding carboxylic acids is 2. The monoisotopic (exact) mass is 416 g/mol. The van der Waals surface area contributed by atoms with Crippen LogP contribution in [0.1, 0.15) is 61.9 Å². The number of phenolic OH excluding ortho intramolecular Hbond substituents is 2. The number of fused-ring (bicyclic) bond motifs is 1. The smallest absolute Gasteiger partial charge is 0.341 e. The summed E-state index contributed by atoms with van der Waals surface area (Å²) in [6.07, 6.45) is 6.04. The van der Waals surface area contributed by atoms with Crippen LogP contribution in [0.25, 0.3) is 0 Å². The zero-order valence-electron chi connectivity index (χ0n) is 18.3. The Labute approximate surface area is 177 Å². The molecule has 0 aliphatic heterocycles. The number of aromatic hydroxyl groups is 2. The highest BCUT2D eigenvalue weighted by Gasteiger charge is 2.56. The van der Waals surface area contributed by atoms with Gasteiger partial charge in [-0.15, -0.1) is 0 Å². The van der Waals surface area contributed by atoms with Gasteiger partial charge in [0.25, 0.3) is 0 Å². The van der Waals surface area contributed by atoms with Gasteiger partial charge in [0, 0.05) is 5.41 Å². The molecule has 30 heavy (non-hydrogen) atoms. The number of benzene rings is 1. The number of phenols is 2. The summed E-state index contributed by atoms with van der Waals surface area (Å²) in [7, 11) is 2.52. The van der Waals surface area contributed by atoms with Crippen molar-refractivity contribution in [3.8, 4) is 17.2 Å². The van der Waals surface area contributed by atoms with E-state index in [-0.39, 0.29) is 40.7 Å². The second-order valence-electron chi connectivity index (χ2n) is 9.12. The van der Waals surface area contributed by atoms with E-state index in [4.69, 9.17) is 9.47 Å². The number of ether oxygens (including phenoxy) is 2. The van der Waals surface area contributed by atoms with E-state index in [0.717, 1.165) is 38.4 Å². The minimum Gasteiger partial charge on any atom is -0.504 e. The zero-order valence-corrected chi connectivity index (χ0v) is 18.3. The van der Waals surface area contributed by atoms with Gasteiger partial charge < -0.3 is 24.5 Å². The molecule has 2 aliphatic rings. The molecule has 0 saturated heterocycles. The minimum absolute atomic E-state index is 0.0910. The molecule has 3 rings (SSSR count). The van der Waals surface area contributed by atoms with Gasteiger partial charge in [-0.05, 0) is 67.4 Å². The lowest BCUT2D eigenvalue weighted by molar-refractivity contribution is -0.134. The van der Waals surface area contributed by atoms with Crippen molar-refractivity contribution in [2.45, 2.75) is 52.4 Å². The molecule has 4 atom stereocenters. The van der Waals surface area contributed by atoms with E-state index in [0.29, 0.717) is 5.56 Å². The summed E-state index contributed by atoms with van der Waals surface area (Å²) in [6, 6.07) is 1.42. The average Bonchev–Trinajstić information content (AvgIpc) is 2.73. The first-order valence-corrected chi connectivity index (χ1v) is 10.5. The molecule has 6 heteroatoms. The molecule has 1 aromatic carbocycles. The molecular formula is C24H32O6. The highest BCUT2D eigenvalue weighted by Crippen LogP contribution is 2.62. The summed E-state index contributed by atoms with van der Waals surface area (Å²) in [5.74, 6) is -1.46. The van der Waals surface area contributed by atoms with Crippen LogP contribution >= 0.6 is 0 Å². The van der Waals surface area contributed by atoms with Crippen molar-refractivity contribution in [1.82, 2.24) is 0 Å². The summed E-state index contributed by atoms with van der Waals surface area (Å²) < 4.78 is 9.94. The number of aldehydes is 1. The summed E-state index contributed by atoms with van der Waals surface area (Å²) in [6.45, 7) is 8.62. The Morgan fingerprint density at radius 2 is 2.00 bits per heavy atom. The molecule has 1 aromatic rings. The SMILES string of the molecule is C=C1CCCC2C1(C)CCC(C)C2(C=O)Cc1cc(C(=O)OC)c(O)c(OC)c1O. The molecule has 2 aliphatic carbocycles. The van der Waals surface area contributed by atoms with Crippen molar-refractivity contribution < 1.29 is 29.3 Å². The lowest BCUT2D eigenvalue weighted by Gasteiger charge is -2.57. The molecule has 2 N–H and O–H groups in total. The van der Waals surface area contributed by atoms with Crippen LogP contribution in [0.15, 0.2) is 18.2 Å². The number of hydrogen-bond acceptors (Lipinski definition) is 6. The second kappa shape index (κ2) is 7.97. The first-order valence-electron chi connectivity index (χ1n) is 10.5. The molecule has 0 radical (unpaired) electrons. The van der Waals surface area contributed by atoms with E-state index in [2.05, 4.69) is 20.4 Å². The fourth-order valence-corrected chi connectivity index (χ4v) is 5.86. The maximum atomic E-state index is 12.7. The molecule has 4 unspecified atom stereocenters. The fourth-order valence-electron chi connectivity index (χ4n) is 5.86. The van der Waals surface area contributed by atoms with Gasteiger partial charge in [0.15, 0.2) is 11.5 Å². The standard InChI is InChI=1S/C24H32O6/c1-14-7-6-8-18-23(14,3)10-9-15(2)24(18,13-25)12-16-11-17(22(28)30-5)20(27)21(29-4)19(16)26/h11,13,15,18,26-27H,1,6-10,12H2,2-5H3. The van der Waals surface area contributed by atoms with Crippen LogP contribution in [0.4, 0.5) is 0 Å². The average molecular weight is 417 g/mol. The number of rotatable bonds is 5. The van der Waals surface area contributed by atoms with Gasteiger partial charge in [-0.3, -0.25) is 0 Å². The highest BCUT2D eigenvalue weighted by atomic mass is 16.5. The van der Waals surface area contributed by atoms with Crippen LogP contribution in [0, 0.1) is 22.7 Å². The van der Waals surface area contributed by atoms with Gasteiger partial charge >= 0.3 is 5.97 Å². The van der Waals surface area contributed by atoms with Crippen molar-refractivity contribution >= 4 is 12.3 Å². The summed E-state index contributed by atoms with van der Waals surface area (Å²) in [5.41, 5.74) is 0.642. The number of hydrogen-bond donors (Lipinski definition) is 2. The van der Waals surface area contributed by atoms with Crippen molar-refractivity contribution in [3.05, 3.63) is 29.3 Å². The Kier molecular flexibility index (Phi) is 5.89. The lowest BCUT2D eigenvalue weighted by atomic mass is 9.46. The quantitative estimate of drug-likeness (QED) is 0.419. The van der Waals surface area contributed by atoms with E-state index in [9.17, 15) is 19.8 Å².